The van der Waals surface area contributed by atoms with E-state index in [0.717, 1.165) is 22.8 Å². The molecule has 0 saturated carbocycles. The summed E-state index contributed by atoms with van der Waals surface area (Å²) < 4.78 is 2.32. The average Bonchev–Trinajstić information content (AvgIpc) is 3.39. The molecular formula is C27H27N5S. The molecule has 2 aromatic heterocycles. The van der Waals surface area contributed by atoms with Crippen molar-refractivity contribution in [3.05, 3.63) is 108 Å². The van der Waals surface area contributed by atoms with Gasteiger partial charge in [0.1, 0.15) is 6.04 Å². The molecule has 0 radical (unpaired) electrons. The van der Waals surface area contributed by atoms with Gasteiger partial charge in [0, 0.05) is 48.7 Å². The Labute approximate surface area is 200 Å². The molecule has 166 valence electrons. The molecule has 0 bridgehead atoms. The van der Waals surface area contributed by atoms with Crippen LogP contribution in [0.4, 0.5) is 11.4 Å². The van der Waals surface area contributed by atoms with E-state index in [-0.39, 0.29) is 12.1 Å². The fourth-order valence-electron chi connectivity index (χ4n) is 4.56. The summed E-state index contributed by atoms with van der Waals surface area (Å²) in [6.45, 7) is 2.14. The van der Waals surface area contributed by atoms with Gasteiger partial charge in [0.25, 0.3) is 0 Å². The lowest BCUT2D eigenvalue weighted by Gasteiger charge is -2.29. The number of rotatable bonds is 5. The van der Waals surface area contributed by atoms with Crippen molar-refractivity contribution in [3.8, 4) is 5.69 Å². The van der Waals surface area contributed by atoms with Crippen LogP contribution in [0.3, 0.4) is 0 Å². The SMILES string of the molecule is Cc1ccc([C@@H]2[C@H](c3ccccn3)NC(=S)N2c2ccc(N(C)C)cc2)n1-c1ccccc1. The lowest BCUT2D eigenvalue weighted by Crippen LogP contribution is -2.30. The topological polar surface area (TPSA) is 36.3 Å². The van der Waals surface area contributed by atoms with Gasteiger partial charge in [0.05, 0.1) is 11.7 Å². The van der Waals surface area contributed by atoms with Gasteiger partial charge >= 0.3 is 0 Å². The molecular weight excluding hydrogens is 426 g/mol. The molecule has 0 aliphatic carbocycles. The first-order valence-electron chi connectivity index (χ1n) is 11.1. The van der Waals surface area contributed by atoms with E-state index in [1.165, 1.54) is 11.4 Å². The number of nitrogens with zero attached hydrogens (tertiary/aromatic N) is 4. The molecule has 1 aliphatic rings. The molecule has 33 heavy (non-hydrogen) atoms. The molecule has 1 fully saturated rings. The predicted octanol–water partition coefficient (Wildman–Crippen LogP) is 5.42. The van der Waals surface area contributed by atoms with Crippen LogP contribution in [-0.2, 0) is 0 Å². The number of pyridine rings is 1. The first-order chi connectivity index (χ1) is 16.0. The number of benzene rings is 2. The third-order valence-corrected chi connectivity index (χ3v) is 6.48. The van der Waals surface area contributed by atoms with Crippen LogP contribution < -0.4 is 15.1 Å². The molecule has 6 heteroatoms. The fourth-order valence-corrected chi connectivity index (χ4v) is 4.91. The minimum absolute atomic E-state index is 0.0634. The zero-order valence-corrected chi connectivity index (χ0v) is 19.8. The summed E-state index contributed by atoms with van der Waals surface area (Å²) in [6.07, 6.45) is 1.84. The van der Waals surface area contributed by atoms with E-state index >= 15 is 0 Å². The molecule has 1 saturated heterocycles. The van der Waals surface area contributed by atoms with Gasteiger partial charge < -0.3 is 19.7 Å². The third kappa shape index (κ3) is 3.87. The van der Waals surface area contributed by atoms with Crippen molar-refractivity contribution >= 4 is 28.7 Å². The van der Waals surface area contributed by atoms with E-state index in [9.17, 15) is 0 Å². The van der Waals surface area contributed by atoms with Crippen LogP contribution in [0.25, 0.3) is 5.69 Å². The van der Waals surface area contributed by atoms with Gasteiger partial charge in [0.15, 0.2) is 5.11 Å². The molecule has 0 unspecified atom stereocenters. The van der Waals surface area contributed by atoms with Gasteiger partial charge in [-0.05, 0) is 79.8 Å². The van der Waals surface area contributed by atoms with E-state index in [1.807, 2.05) is 38.5 Å². The van der Waals surface area contributed by atoms with Crippen LogP contribution >= 0.6 is 12.2 Å². The molecule has 2 atom stereocenters. The third-order valence-electron chi connectivity index (χ3n) is 6.17. The van der Waals surface area contributed by atoms with Gasteiger partial charge in [-0.25, -0.2) is 0 Å². The van der Waals surface area contributed by atoms with E-state index in [0.29, 0.717) is 5.11 Å². The highest BCUT2D eigenvalue weighted by molar-refractivity contribution is 7.80. The summed E-state index contributed by atoms with van der Waals surface area (Å²) in [5.74, 6) is 0. The van der Waals surface area contributed by atoms with Crippen LogP contribution in [0, 0.1) is 6.92 Å². The number of thiocarbonyl (C=S) groups is 1. The van der Waals surface area contributed by atoms with Crippen molar-refractivity contribution < 1.29 is 0 Å². The van der Waals surface area contributed by atoms with Crippen molar-refractivity contribution in [3.63, 3.8) is 0 Å². The summed E-state index contributed by atoms with van der Waals surface area (Å²) in [7, 11) is 4.10. The Balaban J connectivity index is 1.67. The second kappa shape index (κ2) is 8.71. The van der Waals surface area contributed by atoms with Gasteiger partial charge in [0.2, 0.25) is 0 Å². The number of aromatic nitrogens is 2. The quantitative estimate of drug-likeness (QED) is 0.408. The monoisotopic (exact) mass is 453 g/mol. The van der Waals surface area contributed by atoms with E-state index in [1.54, 1.807) is 0 Å². The van der Waals surface area contributed by atoms with E-state index in [2.05, 4.69) is 98.3 Å². The lowest BCUT2D eigenvalue weighted by molar-refractivity contribution is 0.548. The molecule has 4 aromatic rings. The van der Waals surface area contributed by atoms with Crippen LogP contribution in [0.2, 0.25) is 0 Å². The number of anilines is 2. The molecule has 1 aliphatic heterocycles. The van der Waals surface area contributed by atoms with Crippen molar-refractivity contribution in [2.75, 3.05) is 23.9 Å². The lowest BCUT2D eigenvalue weighted by atomic mass is 10.0. The Kier molecular flexibility index (Phi) is 5.60. The summed E-state index contributed by atoms with van der Waals surface area (Å²) in [5, 5.41) is 4.26. The van der Waals surface area contributed by atoms with Crippen molar-refractivity contribution in [1.82, 2.24) is 14.9 Å². The first kappa shape index (κ1) is 21.2. The molecule has 0 spiro atoms. The maximum atomic E-state index is 5.90. The number of hydrogen-bond donors (Lipinski definition) is 1. The van der Waals surface area contributed by atoms with Gasteiger partial charge in [-0.1, -0.05) is 24.3 Å². The summed E-state index contributed by atoms with van der Waals surface area (Å²) in [5.41, 5.74) is 6.65. The normalized spacial score (nSPS) is 17.8. The van der Waals surface area contributed by atoms with Crippen LogP contribution in [0.1, 0.15) is 29.2 Å². The highest BCUT2D eigenvalue weighted by Crippen LogP contribution is 2.43. The highest BCUT2D eigenvalue weighted by atomic mass is 32.1. The molecule has 1 N–H and O–H groups in total. The summed E-state index contributed by atoms with van der Waals surface area (Å²) in [4.78, 5) is 9.01. The molecule has 3 heterocycles. The zero-order valence-electron chi connectivity index (χ0n) is 19.0. The Bertz CT molecular complexity index is 1250. The number of nitrogens with one attached hydrogen (secondary N) is 1. The molecule has 2 aromatic carbocycles. The highest BCUT2D eigenvalue weighted by Gasteiger charge is 2.42. The first-order valence-corrected chi connectivity index (χ1v) is 11.5. The van der Waals surface area contributed by atoms with Gasteiger partial charge in [-0.2, -0.15) is 0 Å². The molecule has 0 amide bonds. The van der Waals surface area contributed by atoms with Crippen LogP contribution in [0.5, 0.6) is 0 Å². The fraction of sp³-hybridized carbons (Fsp3) is 0.185. The Morgan fingerprint density at radius 1 is 0.848 bits per heavy atom. The second-order valence-electron chi connectivity index (χ2n) is 8.48. The second-order valence-corrected chi connectivity index (χ2v) is 8.86. The number of aryl methyl sites for hydroxylation is 1. The minimum Gasteiger partial charge on any atom is -0.378 e. The standard InChI is InChI=1S/C27H27N5S/c1-19-12-17-24(31(19)21-9-5-4-6-10-21)26-25(23-11-7-8-18-28-23)29-27(33)32(26)22-15-13-20(14-16-22)30(2)3/h4-18,25-26H,1-3H3,(H,29,33)/t25-,26+/m0/s1. The predicted molar refractivity (Wildman–Crippen MR) is 139 cm³/mol. The molecule has 5 rings (SSSR count). The largest absolute Gasteiger partial charge is 0.378 e. The smallest absolute Gasteiger partial charge is 0.174 e. The maximum absolute atomic E-state index is 5.90. The van der Waals surface area contributed by atoms with Gasteiger partial charge in [-0.15, -0.1) is 0 Å². The number of para-hydroxylation sites is 1. The van der Waals surface area contributed by atoms with E-state index < -0.39 is 0 Å². The summed E-state index contributed by atoms with van der Waals surface area (Å²) >= 11 is 5.90. The Hall–Kier alpha value is -3.64. The van der Waals surface area contributed by atoms with Gasteiger partial charge in [-0.3, -0.25) is 4.98 Å². The average molecular weight is 454 g/mol. The van der Waals surface area contributed by atoms with Crippen molar-refractivity contribution in [2.24, 2.45) is 0 Å². The Morgan fingerprint density at radius 3 is 2.24 bits per heavy atom. The maximum Gasteiger partial charge on any atom is 0.174 e. The van der Waals surface area contributed by atoms with Crippen LogP contribution in [-0.4, -0.2) is 28.8 Å². The zero-order chi connectivity index (χ0) is 22.9. The molecule has 5 nitrogen and oxygen atoms in total. The Morgan fingerprint density at radius 2 is 1.58 bits per heavy atom. The van der Waals surface area contributed by atoms with Crippen molar-refractivity contribution in [2.45, 2.75) is 19.0 Å². The van der Waals surface area contributed by atoms with E-state index in [4.69, 9.17) is 12.2 Å². The minimum atomic E-state index is -0.0796. The number of hydrogen-bond acceptors (Lipinski definition) is 3. The summed E-state index contributed by atoms with van der Waals surface area (Å²) in [6, 6.07) is 29.3. The van der Waals surface area contributed by atoms with Crippen molar-refractivity contribution in [1.29, 1.82) is 0 Å². The van der Waals surface area contributed by atoms with Crippen LogP contribution in [0.15, 0.2) is 91.1 Å².